The van der Waals surface area contributed by atoms with E-state index < -0.39 is 5.41 Å². The van der Waals surface area contributed by atoms with Gasteiger partial charge in [-0.2, -0.15) is 0 Å². The molecule has 6 nitrogen and oxygen atoms in total. The molecule has 0 aliphatic carbocycles. The van der Waals surface area contributed by atoms with Crippen molar-refractivity contribution in [3.8, 4) is 0 Å². The second kappa shape index (κ2) is 8.26. The summed E-state index contributed by atoms with van der Waals surface area (Å²) < 4.78 is 13.9. The largest absolute Gasteiger partial charge is 0.366 e. The van der Waals surface area contributed by atoms with E-state index in [0.29, 0.717) is 42.7 Å². The van der Waals surface area contributed by atoms with Crippen molar-refractivity contribution in [2.24, 2.45) is 5.41 Å². The topological polar surface area (TPSA) is 65.5 Å². The van der Waals surface area contributed by atoms with E-state index in [-0.39, 0.29) is 24.1 Å². The number of piperazine rings is 1. The number of thiazole rings is 1. The number of benzene rings is 1. The molecule has 2 heterocycles. The molecule has 1 aliphatic heterocycles. The molecule has 1 aromatic heterocycles. The van der Waals surface area contributed by atoms with E-state index in [1.807, 2.05) is 31.7 Å². The molecule has 3 rings (SSSR count). The van der Waals surface area contributed by atoms with Crippen molar-refractivity contribution in [1.82, 2.24) is 9.88 Å². The maximum atomic E-state index is 13.9. The van der Waals surface area contributed by atoms with Crippen LogP contribution in [0.25, 0.3) is 0 Å². The van der Waals surface area contributed by atoms with Gasteiger partial charge in [0.2, 0.25) is 11.8 Å². The van der Waals surface area contributed by atoms with Gasteiger partial charge in [-0.15, -0.1) is 11.3 Å². The summed E-state index contributed by atoms with van der Waals surface area (Å²) in [4.78, 5) is 32.7. The number of halogens is 1. The minimum atomic E-state index is -0.500. The maximum Gasteiger partial charge on any atom is 0.231 e. The molecule has 0 spiro atoms. The van der Waals surface area contributed by atoms with Gasteiger partial charge in [-0.25, -0.2) is 9.37 Å². The van der Waals surface area contributed by atoms with Crippen LogP contribution in [-0.2, 0) is 16.0 Å². The summed E-state index contributed by atoms with van der Waals surface area (Å²) in [5, 5.41) is 5.09. The first-order valence-electron chi connectivity index (χ1n) is 9.27. The Kier molecular flexibility index (Phi) is 5.98. The fourth-order valence-electron chi connectivity index (χ4n) is 2.90. The lowest BCUT2D eigenvalue weighted by atomic mass is 9.96. The molecule has 0 bridgehead atoms. The first kappa shape index (κ1) is 20.3. The van der Waals surface area contributed by atoms with Crippen LogP contribution in [0.3, 0.4) is 0 Å². The van der Waals surface area contributed by atoms with Crippen molar-refractivity contribution in [3.05, 3.63) is 41.2 Å². The lowest BCUT2D eigenvalue weighted by Crippen LogP contribution is -2.49. The predicted molar refractivity (Wildman–Crippen MR) is 109 cm³/mol. The van der Waals surface area contributed by atoms with Crippen LogP contribution in [0.4, 0.5) is 15.2 Å². The van der Waals surface area contributed by atoms with Crippen LogP contribution in [0.15, 0.2) is 29.6 Å². The molecular weight excluding hydrogens is 379 g/mol. The first-order chi connectivity index (χ1) is 13.2. The molecule has 2 amide bonds. The Morgan fingerprint density at radius 1 is 1.18 bits per heavy atom. The van der Waals surface area contributed by atoms with Gasteiger partial charge in [0.25, 0.3) is 0 Å². The van der Waals surface area contributed by atoms with Crippen molar-refractivity contribution < 1.29 is 14.0 Å². The third-order valence-electron chi connectivity index (χ3n) is 4.61. The van der Waals surface area contributed by atoms with Gasteiger partial charge in [0.1, 0.15) is 5.82 Å². The minimum absolute atomic E-state index is 0.00724. The Balaban J connectivity index is 1.52. The van der Waals surface area contributed by atoms with Crippen LogP contribution in [-0.4, -0.2) is 47.9 Å². The second-order valence-corrected chi connectivity index (χ2v) is 8.70. The van der Waals surface area contributed by atoms with Crippen molar-refractivity contribution in [1.29, 1.82) is 0 Å². The highest BCUT2D eigenvalue weighted by Gasteiger charge is 2.24. The summed E-state index contributed by atoms with van der Waals surface area (Å²) >= 11 is 1.32. The summed E-state index contributed by atoms with van der Waals surface area (Å²) in [5.74, 6) is -0.356. The smallest absolute Gasteiger partial charge is 0.231 e. The van der Waals surface area contributed by atoms with Gasteiger partial charge in [0.05, 0.1) is 17.8 Å². The molecule has 0 atom stereocenters. The number of amides is 2. The Morgan fingerprint density at radius 2 is 1.86 bits per heavy atom. The number of rotatable bonds is 4. The summed E-state index contributed by atoms with van der Waals surface area (Å²) in [6, 6.07) is 6.69. The minimum Gasteiger partial charge on any atom is -0.366 e. The average Bonchev–Trinajstić information content (AvgIpc) is 3.08. The van der Waals surface area contributed by atoms with Gasteiger partial charge in [-0.05, 0) is 12.1 Å². The molecule has 1 N–H and O–H groups in total. The van der Waals surface area contributed by atoms with Crippen LogP contribution in [0.1, 0.15) is 26.5 Å². The molecule has 8 heteroatoms. The third-order valence-corrected chi connectivity index (χ3v) is 5.42. The maximum absolute atomic E-state index is 13.9. The SMILES string of the molecule is CC(C)(C)C(=O)Nc1nc(CC(=O)N2CCN(c3ccccc3F)CC2)cs1. The summed E-state index contributed by atoms with van der Waals surface area (Å²) in [5.41, 5.74) is 0.726. The molecule has 150 valence electrons. The zero-order chi connectivity index (χ0) is 20.3. The van der Waals surface area contributed by atoms with Crippen LogP contribution < -0.4 is 10.2 Å². The molecule has 2 aromatic rings. The number of hydrogen-bond acceptors (Lipinski definition) is 5. The van der Waals surface area contributed by atoms with E-state index in [1.54, 1.807) is 22.4 Å². The normalized spacial score (nSPS) is 14.9. The molecule has 0 saturated carbocycles. The highest BCUT2D eigenvalue weighted by Crippen LogP contribution is 2.22. The van der Waals surface area contributed by atoms with E-state index in [4.69, 9.17) is 0 Å². The lowest BCUT2D eigenvalue weighted by Gasteiger charge is -2.36. The average molecular weight is 405 g/mol. The Labute approximate surface area is 168 Å². The van der Waals surface area contributed by atoms with Gasteiger partial charge in [-0.1, -0.05) is 32.9 Å². The summed E-state index contributed by atoms with van der Waals surface area (Å²) in [7, 11) is 0. The Hall–Kier alpha value is -2.48. The van der Waals surface area contributed by atoms with Crippen molar-refractivity contribution >= 4 is 34.0 Å². The number of para-hydroxylation sites is 1. The van der Waals surface area contributed by atoms with E-state index in [1.165, 1.54) is 17.4 Å². The van der Waals surface area contributed by atoms with Crippen LogP contribution >= 0.6 is 11.3 Å². The molecule has 0 unspecified atom stereocenters. The quantitative estimate of drug-likeness (QED) is 0.850. The fraction of sp³-hybridized carbons (Fsp3) is 0.450. The molecule has 1 fully saturated rings. The number of nitrogens with one attached hydrogen (secondary N) is 1. The van der Waals surface area contributed by atoms with Crippen molar-refractivity contribution in [2.75, 3.05) is 36.4 Å². The second-order valence-electron chi connectivity index (χ2n) is 7.84. The summed E-state index contributed by atoms with van der Waals surface area (Å²) in [6.07, 6.45) is 0.196. The monoisotopic (exact) mass is 404 g/mol. The highest BCUT2D eigenvalue weighted by atomic mass is 32.1. The Morgan fingerprint density at radius 3 is 2.50 bits per heavy atom. The number of aromatic nitrogens is 1. The Bertz CT molecular complexity index is 854. The molecular formula is C20H25FN4O2S. The van der Waals surface area contributed by atoms with Gasteiger partial charge >= 0.3 is 0 Å². The molecule has 28 heavy (non-hydrogen) atoms. The third kappa shape index (κ3) is 4.86. The van der Waals surface area contributed by atoms with Gasteiger partial charge in [-0.3, -0.25) is 9.59 Å². The lowest BCUT2D eigenvalue weighted by molar-refractivity contribution is -0.130. The number of hydrogen-bond donors (Lipinski definition) is 1. The van der Waals surface area contributed by atoms with Gasteiger partial charge < -0.3 is 15.1 Å². The number of carbonyl (C=O) groups is 2. The molecule has 1 aliphatic rings. The van der Waals surface area contributed by atoms with Gasteiger partial charge in [0, 0.05) is 37.0 Å². The number of anilines is 2. The fourth-order valence-corrected chi connectivity index (χ4v) is 3.61. The van der Waals surface area contributed by atoms with E-state index in [9.17, 15) is 14.0 Å². The van der Waals surface area contributed by atoms with Crippen LogP contribution in [0.5, 0.6) is 0 Å². The molecule has 0 radical (unpaired) electrons. The number of nitrogens with zero attached hydrogens (tertiary/aromatic N) is 3. The standard InChI is InChI=1S/C20H25FN4O2S/c1-20(2,3)18(27)23-19-22-14(13-28-19)12-17(26)25-10-8-24(9-11-25)16-7-5-4-6-15(16)21/h4-7,13H,8-12H2,1-3H3,(H,22,23,27). The zero-order valence-electron chi connectivity index (χ0n) is 16.4. The van der Waals surface area contributed by atoms with E-state index in [2.05, 4.69) is 10.3 Å². The summed E-state index contributed by atoms with van der Waals surface area (Å²) in [6.45, 7) is 7.78. The van der Waals surface area contributed by atoms with E-state index in [0.717, 1.165) is 0 Å². The zero-order valence-corrected chi connectivity index (χ0v) is 17.2. The van der Waals surface area contributed by atoms with Crippen molar-refractivity contribution in [3.63, 3.8) is 0 Å². The first-order valence-corrected chi connectivity index (χ1v) is 10.1. The predicted octanol–water partition coefficient (Wildman–Crippen LogP) is 3.16. The van der Waals surface area contributed by atoms with Crippen LogP contribution in [0, 0.1) is 11.2 Å². The highest BCUT2D eigenvalue weighted by molar-refractivity contribution is 7.13. The number of carbonyl (C=O) groups excluding carboxylic acids is 2. The van der Waals surface area contributed by atoms with E-state index >= 15 is 0 Å². The molecule has 1 saturated heterocycles. The van der Waals surface area contributed by atoms with Gasteiger partial charge in [0.15, 0.2) is 5.13 Å². The molecule has 1 aromatic carbocycles. The van der Waals surface area contributed by atoms with Crippen molar-refractivity contribution in [2.45, 2.75) is 27.2 Å². The van der Waals surface area contributed by atoms with Crippen LogP contribution in [0.2, 0.25) is 0 Å².